The summed E-state index contributed by atoms with van der Waals surface area (Å²) in [5.41, 5.74) is 0.0673. The fraction of sp³-hybridized carbons (Fsp3) is 0.231. The molecule has 0 saturated heterocycles. The van der Waals surface area contributed by atoms with Crippen LogP contribution in [0.15, 0.2) is 54.6 Å². The Balaban J connectivity index is 1.53. The molecule has 2 aromatic rings. The predicted molar refractivity (Wildman–Crippen MR) is 124 cm³/mol. The Kier molecular flexibility index (Phi) is 8.51. The van der Waals surface area contributed by atoms with E-state index in [2.05, 4.69) is 11.3 Å². The van der Waals surface area contributed by atoms with Crippen LogP contribution in [-0.4, -0.2) is 61.7 Å². The third-order valence-electron chi connectivity index (χ3n) is 4.90. The van der Waals surface area contributed by atoms with Gasteiger partial charge >= 0.3 is 35.8 Å². The lowest BCUT2D eigenvalue weighted by molar-refractivity contribution is -0.140. The highest BCUT2D eigenvalue weighted by Crippen LogP contribution is 2.22. The molecule has 0 N–H and O–H groups in total. The highest BCUT2D eigenvalue weighted by molar-refractivity contribution is 6.15. The van der Waals surface area contributed by atoms with E-state index in [-0.39, 0.29) is 53.2 Å². The summed E-state index contributed by atoms with van der Waals surface area (Å²) in [7, 11) is 0. The third kappa shape index (κ3) is 6.66. The number of hydrogen-bond donors (Lipinski definition) is 0. The van der Waals surface area contributed by atoms with E-state index in [1.54, 1.807) is 0 Å². The van der Waals surface area contributed by atoms with E-state index in [0.29, 0.717) is 0 Å². The van der Waals surface area contributed by atoms with Crippen molar-refractivity contribution in [3.05, 3.63) is 82.4 Å². The van der Waals surface area contributed by atoms with Crippen molar-refractivity contribution < 1.29 is 52.5 Å². The molecule has 1 unspecified atom stereocenters. The Morgan fingerprint density at radius 1 is 0.838 bits per heavy atom. The maximum Gasteiger partial charge on any atom is 0.346 e. The van der Waals surface area contributed by atoms with Crippen LogP contribution < -0.4 is 0 Å². The number of cyclic esters (lactones) is 2. The summed E-state index contributed by atoms with van der Waals surface area (Å²) in [6.07, 6.45) is -0.889. The number of ether oxygens (including phenoxy) is 5. The van der Waals surface area contributed by atoms with Crippen LogP contribution in [-0.2, 0) is 28.5 Å². The average molecular weight is 510 g/mol. The molecule has 1 aliphatic rings. The van der Waals surface area contributed by atoms with E-state index in [4.69, 9.17) is 18.9 Å². The van der Waals surface area contributed by atoms with E-state index < -0.39 is 41.9 Å². The van der Waals surface area contributed by atoms with Crippen molar-refractivity contribution in [3.63, 3.8) is 0 Å². The second-order valence-electron chi connectivity index (χ2n) is 7.85. The van der Waals surface area contributed by atoms with Crippen LogP contribution in [0.1, 0.15) is 65.6 Å². The molecule has 0 amide bonds. The average Bonchev–Trinajstić information content (AvgIpc) is 3.17. The molecule has 1 atom stereocenters. The van der Waals surface area contributed by atoms with Gasteiger partial charge in [0, 0.05) is 5.57 Å². The van der Waals surface area contributed by atoms with Crippen molar-refractivity contribution in [1.82, 2.24) is 0 Å². The van der Waals surface area contributed by atoms with Gasteiger partial charge in [-0.3, -0.25) is 0 Å². The zero-order valence-corrected chi connectivity index (χ0v) is 19.9. The van der Waals surface area contributed by atoms with Gasteiger partial charge in [-0.2, -0.15) is 0 Å². The van der Waals surface area contributed by atoms with Crippen molar-refractivity contribution >= 4 is 35.8 Å². The minimum atomic E-state index is -0.889. The number of carbonyl (C=O) groups is 6. The minimum Gasteiger partial charge on any atom is -0.459 e. The minimum absolute atomic E-state index is 0.00518. The lowest BCUT2D eigenvalue weighted by Gasteiger charge is -2.15. The molecule has 1 aliphatic heterocycles. The van der Waals surface area contributed by atoms with Gasteiger partial charge in [-0.25, -0.2) is 28.8 Å². The van der Waals surface area contributed by atoms with Crippen LogP contribution in [0.4, 0.5) is 0 Å². The van der Waals surface area contributed by atoms with E-state index in [1.165, 1.54) is 56.3 Å². The van der Waals surface area contributed by atoms with E-state index >= 15 is 0 Å². The van der Waals surface area contributed by atoms with E-state index in [0.717, 1.165) is 0 Å². The zero-order chi connectivity index (χ0) is 27.1. The Morgan fingerprint density at radius 2 is 1.43 bits per heavy atom. The molecule has 0 radical (unpaired) electrons. The van der Waals surface area contributed by atoms with E-state index in [1.807, 2.05) is 0 Å². The van der Waals surface area contributed by atoms with Gasteiger partial charge in [-0.15, -0.1) is 0 Å². The fourth-order valence-electron chi connectivity index (χ4n) is 3.08. The van der Waals surface area contributed by atoms with Crippen molar-refractivity contribution in [2.75, 3.05) is 19.8 Å². The fourth-order valence-corrected chi connectivity index (χ4v) is 3.08. The van der Waals surface area contributed by atoms with Gasteiger partial charge in [0.15, 0.2) is 0 Å². The number of hydrogen-bond acceptors (Lipinski definition) is 11. The molecule has 0 spiro atoms. The van der Waals surface area contributed by atoms with E-state index in [9.17, 15) is 28.8 Å². The first kappa shape index (κ1) is 26.8. The first-order chi connectivity index (χ1) is 17.6. The Labute approximate surface area is 210 Å². The number of benzene rings is 2. The van der Waals surface area contributed by atoms with Gasteiger partial charge in [0.2, 0.25) is 0 Å². The van der Waals surface area contributed by atoms with Crippen LogP contribution in [0.5, 0.6) is 0 Å². The summed E-state index contributed by atoms with van der Waals surface area (Å²) >= 11 is 0. The topological polar surface area (TPSA) is 149 Å². The molecule has 11 nitrogen and oxygen atoms in total. The molecule has 0 saturated carbocycles. The first-order valence-electron chi connectivity index (χ1n) is 11.0. The Morgan fingerprint density at radius 3 is 2.08 bits per heavy atom. The quantitative estimate of drug-likeness (QED) is 0.153. The lowest BCUT2D eigenvalue weighted by atomic mass is 10.1. The molecule has 1 heterocycles. The van der Waals surface area contributed by atoms with Crippen LogP contribution in [0.2, 0.25) is 0 Å². The van der Waals surface area contributed by atoms with Crippen molar-refractivity contribution in [1.29, 1.82) is 0 Å². The molecule has 0 bridgehead atoms. The van der Waals surface area contributed by atoms with Crippen LogP contribution in [0.3, 0.4) is 0 Å². The lowest BCUT2D eigenvalue weighted by Crippen LogP contribution is -2.23. The summed E-state index contributed by atoms with van der Waals surface area (Å²) in [6.45, 7) is 5.63. The van der Waals surface area contributed by atoms with Gasteiger partial charge in [0.05, 0.1) is 27.8 Å². The molecule has 0 aliphatic carbocycles. The predicted octanol–water partition coefficient (Wildman–Crippen LogP) is 2.68. The molecule has 192 valence electrons. The number of carbonyl (C=O) groups excluding carboxylic acids is 6. The highest BCUT2D eigenvalue weighted by atomic mass is 16.6. The summed E-state index contributed by atoms with van der Waals surface area (Å²) < 4.78 is 24.8. The third-order valence-corrected chi connectivity index (χ3v) is 4.90. The summed E-state index contributed by atoms with van der Waals surface area (Å²) in [5.74, 6) is -4.77. The molecular formula is C26H22O11. The van der Waals surface area contributed by atoms with Gasteiger partial charge in [0.1, 0.15) is 25.9 Å². The SMILES string of the molecule is C=C(C)C(=O)OCCOC(=O)c1ccccc1C(=O)OCC(C)OC(=O)c1ccc2c(c1)C(=O)OC2=O. The molecule has 37 heavy (non-hydrogen) atoms. The molecule has 11 heteroatoms. The normalized spacial score (nSPS) is 12.6. The molecule has 2 aromatic carbocycles. The van der Waals surface area contributed by atoms with Gasteiger partial charge < -0.3 is 23.7 Å². The van der Waals surface area contributed by atoms with Crippen LogP contribution in [0, 0.1) is 0 Å². The summed E-state index contributed by atoms with van der Waals surface area (Å²) in [4.78, 5) is 72.0. The highest BCUT2D eigenvalue weighted by Gasteiger charge is 2.31. The second-order valence-corrected chi connectivity index (χ2v) is 7.85. The van der Waals surface area contributed by atoms with Gasteiger partial charge in [0.25, 0.3) is 0 Å². The molecule has 0 fully saturated rings. The Bertz CT molecular complexity index is 1290. The van der Waals surface area contributed by atoms with Crippen LogP contribution >= 0.6 is 0 Å². The van der Waals surface area contributed by atoms with Crippen molar-refractivity contribution in [3.8, 4) is 0 Å². The maximum absolute atomic E-state index is 12.6. The maximum atomic E-state index is 12.6. The number of fused-ring (bicyclic) bond motifs is 1. The summed E-state index contributed by atoms with van der Waals surface area (Å²) in [5, 5.41) is 0. The summed E-state index contributed by atoms with van der Waals surface area (Å²) in [6, 6.07) is 9.55. The largest absolute Gasteiger partial charge is 0.459 e. The standard InChI is InChI=1S/C26H22O11/c1-14(2)21(27)33-10-11-34-23(29)17-6-4-5-7-18(17)24(30)35-13-15(3)36-22(28)16-8-9-19-20(12-16)26(32)37-25(19)31/h4-9,12,15H,1,10-11,13H2,2-3H3. The second kappa shape index (κ2) is 11.8. The first-order valence-corrected chi connectivity index (χ1v) is 11.0. The molecule has 3 rings (SSSR count). The van der Waals surface area contributed by atoms with Crippen molar-refractivity contribution in [2.24, 2.45) is 0 Å². The van der Waals surface area contributed by atoms with Crippen molar-refractivity contribution in [2.45, 2.75) is 20.0 Å². The zero-order valence-electron chi connectivity index (χ0n) is 19.9. The molecule has 0 aromatic heterocycles. The van der Waals surface area contributed by atoms with Crippen LogP contribution in [0.25, 0.3) is 0 Å². The van der Waals surface area contributed by atoms with Gasteiger partial charge in [-0.05, 0) is 44.2 Å². The monoisotopic (exact) mass is 510 g/mol. The smallest absolute Gasteiger partial charge is 0.346 e. The number of esters is 6. The molecular weight excluding hydrogens is 488 g/mol. The van der Waals surface area contributed by atoms with Gasteiger partial charge in [-0.1, -0.05) is 18.7 Å². The number of rotatable bonds is 10. The Hall–Kier alpha value is -4.80.